The standard InChI is InChI=1S/C14H24N2O4/c1-20-11-6-10(7-11)16-14(19)15-8-9-4-2-3-5-12(9)13(17)18/h9-12H,2-8H2,1H3,(H,17,18)(H2,15,16,19). The monoisotopic (exact) mass is 284 g/mol. The van der Waals surface area contributed by atoms with Crippen LogP contribution in [-0.4, -0.2) is 42.9 Å². The fourth-order valence-corrected chi connectivity index (χ4v) is 3.11. The van der Waals surface area contributed by atoms with Gasteiger partial charge in [-0.15, -0.1) is 0 Å². The van der Waals surface area contributed by atoms with Crippen LogP contribution in [0.3, 0.4) is 0 Å². The number of carbonyl (C=O) groups is 2. The maximum Gasteiger partial charge on any atom is 0.315 e. The lowest BCUT2D eigenvalue weighted by atomic mass is 9.79. The molecular weight excluding hydrogens is 260 g/mol. The Bertz CT molecular complexity index is 355. The van der Waals surface area contributed by atoms with Crippen LogP contribution in [0.2, 0.25) is 0 Å². The molecule has 0 bridgehead atoms. The fourth-order valence-electron chi connectivity index (χ4n) is 3.11. The average molecular weight is 284 g/mol. The van der Waals surface area contributed by atoms with Crippen molar-refractivity contribution < 1.29 is 19.4 Å². The third-order valence-corrected chi connectivity index (χ3v) is 4.51. The van der Waals surface area contributed by atoms with Crippen molar-refractivity contribution >= 4 is 12.0 Å². The van der Waals surface area contributed by atoms with Crippen molar-refractivity contribution in [1.82, 2.24) is 10.6 Å². The first-order valence-electron chi connectivity index (χ1n) is 7.40. The van der Waals surface area contributed by atoms with Crippen LogP contribution in [0.1, 0.15) is 38.5 Å². The van der Waals surface area contributed by atoms with Crippen molar-refractivity contribution in [2.24, 2.45) is 11.8 Å². The lowest BCUT2D eigenvalue weighted by Crippen LogP contribution is -2.51. The number of carboxylic acid groups (broad SMARTS) is 1. The van der Waals surface area contributed by atoms with Crippen molar-refractivity contribution in [3.8, 4) is 0 Å². The number of rotatable bonds is 5. The van der Waals surface area contributed by atoms with E-state index in [2.05, 4.69) is 10.6 Å². The quantitative estimate of drug-likeness (QED) is 0.711. The van der Waals surface area contributed by atoms with E-state index in [0.29, 0.717) is 6.54 Å². The van der Waals surface area contributed by atoms with E-state index in [9.17, 15) is 14.7 Å². The normalized spacial score (nSPS) is 33.0. The van der Waals surface area contributed by atoms with Gasteiger partial charge in [-0.2, -0.15) is 0 Å². The zero-order chi connectivity index (χ0) is 14.5. The van der Waals surface area contributed by atoms with Crippen molar-refractivity contribution in [3.63, 3.8) is 0 Å². The minimum atomic E-state index is -0.737. The van der Waals surface area contributed by atoms with Crippen molar-refractivity contribution in [3.05, 3.63) is 0 Å². The molecule has 3 N–H and O–H groups in total. The van der Waals surface area contributed by atoms with Crippen LogP contribution < -0.4 is 10.6 Å². The molecule has 0 aliphatic heterocycles. The van der Waals surface area contributed by atoms with Crippen LogP contribution in [0.5, 0.6) is 0 Å². The number of carboxylic acids is 1. The molecule has 2 aliphatic rings. The summed E-state index contributed by atoms with van der Waals surface area (Å²) in [6, 6.07) is -0.0131. The molecule has 20 heavy (non-hydrogen) atoms. The van der Waals surface area contributed by atoms with Gasteiger partial charge in [0.05, 0.1) is 12.0 Å². The molecule has 2 amide bonds. The molecule has 2 atom stereocenters. The average Bonchev–Trinajstić information content (AvgIpc) is 2.40. The van der Waals surface area contributed by atoms with Gasteiger partial charge in [0.25, 0.3) is 0 Å². The summed E-state index contributed by atoms with van der Waals surface area (Å²) in [5, 5.41) is 14.9. The second-order valence-corrected chi connectivity index (χ2v) is 5.87. The van der Waals surface area contributed by atoms with E-state index in [0.717, 1.165) is 38.5 Å². The summed E-state index contributed by atoms with van der Waals surface area (Å²) in [5.74, 6) is -0.996. The van der Waals surface area contributed by atoms with Crippen molar-refractivity contribution in [2.75, 3.05) is 13.7 Å². The lowest BCUT2D eigenvalue weighted by Gasteiger charge is -2.35. The smallest absolute Gasteiger partial charge is 0.315 e. The number of urea groups is 1. The lowest BCUT2D eigenvalue weighted by molar-refractivity contribution is -0.144. The number of hydrogen-bond acceptors (Lipinski definition) is 3. The van der Waals surface area contributed by atoms with E-state index < -0.39 is 5.97 Å². The maximum atomic E-state index is 11.7. The van der Waals surface area contributed by atoms with E-state index in [4.69, 9.17) is 4.74 Å². The molecule has 0 aromatic carbocycles. The Morgan fingerprint density at radius 1 is 1.25 bits per heavy atom. The van der Waals surface area contributed by atoms with Gasteiger partial charge in [-0.05, 0) is 31.6 Å². The first kappa shape index (κ1) is 15.1. The van der Waals surface area contributed by atoms with E-state index in [1.165, 1.54) is 0 Å². The molecule has 6 nitrogen and oxygen atoms in total. The van der Waals surface area contributed by atoms with Gasteiger partial charge in [-0.3, -0.25) is 4.79 Å². The molecule has 0 heterocycles. The second kappa shape index (κ2) is 6.92. The third-order valence-electron chi connectivity index (χ3n) is 4.51. The van der Waals surface area contributed by atoms with Gasteiger partial charge in [0.1, 0.15) is 0 Å². The van der Waals surface area contributed by atoms with Crippen LogP contribution >= 0.6 is 0 Å². The summed E-state index contributed by atoms with van der Waals surface area (Å²) >= 11 is 0. The molecule has 6 heteroatoms. The van der Waals surface area contributed by atoms with Crippen LogP contribution in [0.25, 0.3) is 0 Å². The molecular formula is C14H24N2O4. The Labute approximate surface area is 119 Å². The first-order chi connectivity index (χ1) is 9.60. The number of ether oxygens (including phenoxy) is 1. The zero-order valence-corrected chi connectivity index (χ0v) is 11.9. The Balaban J connectivity index is 1.68. The number of carbonyl (C=O) groups excluding carboxylic acids is 1. The van der Waals surface area contributed by atoms with Gasteiger partial charge in [0.2, 0.25) is 0 Å². The highest BCUT2D eigenvalue weighted by atomic mass is 16.5. The molecule has 0 spiro atoms. The highest BCUT2D eigenvalue weighted by molar-refractivity contribution is 5.74. The maximum absolute atomic E-state index is 11.7. The topological polar surface area (TPSA) is 87.7 Å². The van der Waals surface area contributed by atoms with Gasteiger partial charge in [-0.1, -0.05) is 12.8 Å². The van der Waals surface area contributed by atoms with Crippen molar-refractivity contribution in [1.29, 1.82) is 0 Å². The number of hydrogen-bond donors (Lipinski definition) is 3. The van der Waals surface area contributed by atoms with E-state index >= 15 is 0 Å². The summed E-state index contributed by atoms with van der Waals surface area (Å²) in [7, 11) is 1.68. The predicted molar refractivity (Wildman–Crippen MR) is 73.4 cm³/mol. The van der Waals surface area contributed by atoms with Crippen LogP contribution in [0.4, 0.5) is 4.79 Å². The summed E-state index contributed by atoms with van der Waals surface area (Å²) in [5.41, 5.74) is 0. The molecule has 2 unspecified atom stereocenters. The largest absolute Gasteiger partial charge is 0.481 e. The third kappa shape index (κ3) is 3.85. The number of aliphatic carboxylic acids is 1. The van der Waals surface area contributed by atoms with Gasteiger partial charge in [0, 0.05) is 19.7 Å². The van der Waals surface area contributed by atoms with Crippen molar-refractivity contribution in [2.45, 2.75) is 50.7 Å². The Morgan fingerprint density at radius 3 is 2.60 bits per heavy atom. The Kier molecular flexibility index (Phi) is 5.23. The van der Waals surface area contributed by atoms with Crippen LogP contribution in [-0.2, 0) is 9.53 Å². The molecule has 2 rings (SSSR count). The van der Waals surface area contributed by atoms with Gasteiger partial charge >= 0.3 is 12.0 Å². The molecule has 114 valence electrons. The van der Waals surface area contributed by atoms with E-state index in [1.807, 2.05) is 0 Å². The van der Waals surface area contributed by atoms with Crippen LogP contribution in [0.15, 0.2) is 0 Å². The van der Waals surface area contributed by atoms with E-state index in [1.54, 1.807) is 7.11 Å². The number of methoxy groups -OCH3 is 1. The minimum absolute atomic E-state index is 0.0557. The van der Waals surface area contributed by atoms with Gasteiger partial charge < -0.3 is 20.5 Å². The first-order valence-corrected chi connectivity index (χ1v) is 7.40. The molecule has 0 saturated heterocycles. The summed E-state index contributed by atoms with van der Waals surface area (Å²) in [6.45, 7) is 0.448. The van der Waals surface area contributed by atoms with Crippen LogP contribution in [0, 0.1) is 11.8 Å². The van der Waals surface area contributed by atoms with E-state index in [-0.39, 0.29) is 30.0 Å². The SMILES string of the molecule is COC1CC(NC(=O)NCC2CCCCC2C(=O)O)C1. The molecule has 2 fully saturated rings. The molecule has 0 aromatic heterocycles. The molecule has 2 aliphatic carbocycles. The summed E-state index contributed by atoms with van der Waals surface area (Å²) < 4.78 is 5.16. The Hall–Kier alpha value is -1.30. The number of amides is 2. The number of nitrogens with one attached hydrogen (secondary N) is 2. The van der Waals surface area contributed by atoms with Gasteiger partial charge in [0.15, 0.2) is 0 Å². The predicted octanol–water partition coefficient (Wildman–Crippen LogP) is 1.35. The molecule has 2 saturated carbocycles. The highest BCUT2D eigenvalue weighted by Gasteiger charge is 2.32. The minimum Gasteiger partial charge on any atom is -0.481 e. The molecule has 0 radical (unpaired) electrons. The zero-order valence-electron chi connectivity index (χ0n) is 11.9. The Morgan fingerprint density at radius 2 is 1.95 bits per heavy atom. The van der Waals surface area contributed by atoms with Gasteiger partial charge in [-0.25, -0.2) is 4.79 Å². The fraction of sp³-hybridized carbons (Fsp3) is 0.857. The molecule has 0 aromatic rings. The summed E-state index contributed by atoms with van der Waals surface area (Å²) in [6.07, 6.45) is 5.59. The highest BCUT2D eigenvalue weighted by Crippen LogP contribution is 2.29. The summed E-state index contributed by atoms with van der Waals surface area (Å²) in [4.78, 5) is 22.9. The second-order valence-electron chi connectivity index (χ2n) is 5.87.